The zero-order valence-electron chi connectivity index (χ0n) is 16.7. The van der Waals surface area contributed by atoms with Crippen LogP contribution in [0.3, 0.4) is 0 Å². The molecule has 2 aliphatic rings. The smallest absolute Gasteiger partial charge is 0.253 e. The Morgan fingerprint density at radius 3 is 2.63 bits per heavy atom. The summed E-state index contributed by atoms with van der Waals surface area (Å²) >= 11 is 0. The minimum absolute atomic E-state index is 0.0280. The van der Waals surface area contributed by atoms with Crippen molar-refractivity contribution >= 4 is 11.8 Å². The summed E-state index contributed by atoms with van der Waals surface area (Å²) in [6.45, 7) is 2.62. The Morgan fingerprint density at radius 1 is 1.11 bits per heavy atom. The fourth-order valence-electron chi connectivity index (χ4n) is 4.30. The SMILES string of the molecule is CN(C)C(=O)c1cccc(CN2CCC[C@@H](C(=O)NC3CCCCC3)C2)c1. The van der Waals surface area contributed by atoms with Gasteiger partial charge in [-0.25, -0.2) is 0 Å². The molecule has 5 nitrogen and oxygen atoms in total. The predicted molar refractivity (Wildman–Crippen MR) is 107 cm³/mol. The molecule has 1 N–H and O–H groups in total. The van der Waals surface area contributed by atoms with Crippen molar-refractivity contribution in [2.45, 2.75) is 57.5 Å². The number of nitrogens with one attached hydrogen (secondary N) is 1. The van der Waals surface area contributed by atoms with Gasteiger partial charge >= 0.3 is 0 Å². The zero-order valence-corrected chi connectivity index (χ0v) is 16.7. The molecule has 0 unspecified atom stereocenters. The zero-order chi connectivity index (χ0) is 19.2. The Labute approximate surface area is 163 Å². The number of rotatable bonds is 5. The van der Waals surface area contributed by atoms with Gasteiger partial charge < -0.3 is 10.2 Å². The van der Waals surface area contributed by atoms with Crippen LogP contribution in [-0.2, 0) is 11.3 Å². The van der Waals surface area contributed by atoms with E-state index in [-0.39, 0.29) is 17.7 Å². The van der Waals surface area contributed by atoms with Crippen LogP contribution in [0.5, 0.6) is 0 Å². The Morgan fingerprint density at radius 2 is 1.89 bits per heavy atom. The quantitative estimate of drug-likeness (QED) is 0.865. The highest BCUT2D eigenvalue weighted by molar-refractivity contribution is 5.94. The summed E-state index contributed by atoms with van der Waals surface area (Å²) in [6, 6.07) is 8.24. The lowest BCUT2D eigenvalue weighted by Gasteiger charge is -2.33. The molecule has 2 fully saturated rings. The number of hydrogen-bond donors (Lipinski definition) is 1. The van der Waals surface area contributed by atoms with Gasteiger partial charge in [0.2, 0.25) is 5.91 Å². The number of likely N-dealkylation sites (tertiary alicyclic amines) is 1. The third kappa shape index (κ3) is 5.55. The maximum atomic E-state index is 12.7. The number of amides is 2. The number of piperidine rings is 1. The van der Waals surface area contributed by atoms with Gasteiger partial charge in [0, 0.05) is 38.8 Å². The molecule has 1 aliphatic carbocycles. The predicted octanol–water partition coefficient (Wildman–Crippen LogP) is 3.05. The summed E-state index contributed by atoms with van der Waals surface area (Å²) in [5.74, 6) is 0.357. The molecule has 1 saturated heterocycles. The molecule has 1 aromatic carbocycles. The molecule has 1 heterocycles. The van der Waals surface area contributed by atoms with Gasteiger partial charge in [0.05, 0.1) is 5.92 Å². The summed E-state index contributed by atoms with van der Waals surface area (Å²) in [5, 5.41) is 3.29. The van der Waals surface area contributed by atoms with Gasteiger partial charge in [-0.05, 0) is 49.9 Å². The van der Waals surface area contributed by atoms with Crippen LogP contribution in [0.25, 0.3) is 0 Å². The summed E-state index contributed by atoms with van der Waals surface area (Å²) in [7, 11) is 3.55. The summed E-state index contributed by atoms with van der Waals surface area (Å²) in [6.07, 6.45) is 8.09. The second-order valence-electron chi connectivity index (χ2n) is 8.32. The van der Waals surface area contributed by atoms with Crippen molar-refractivity contribution in [3.63, 3.8) is 0 Å². The van der Waals surface area contributed by atoms with E-state index < -0.39 is 0 Å². The highest BCUT2D eigenvalue weighted by Gasteiger charge is 2.27. The number of carbonyl (C=O) groups excluding carboxylic acids is 2. The van der Waals surface area contributed by atoms with Crippen LogP contribution in [0, 0.1) is 5.92 Å². The standard InChI is InChI=1S/C22H33N3O2/c1-24(2)22(27)18-9-6-8-17(14-18)15-25-13-7-10-19(16-25)21(26)23-20-11-4-3-5-12-20/h6,8-9,14,19-20H,3-5,7,10-13,15-16H2,1-2H3,(H,23,26)/t19-/m1/s1. The molecule has 27 heavy (non-hydrogen) atoms. The minimum atomic E-state index is 0.0280. The van der Waals surface area contributed by atoms with E-state index in [1.165, 1.54) is 19.3 Å². The van der Waals surface area contributed by atoms with Crippen LogP contribution in [-0.4, -0.2) is 54.8 Å². The average Bonchev–Trinajstić information content (AvgIpc) is 2.68. The Kier molecular flexibility index (Phi) is 6.89. The molecule has 1 aromatic rings. The fourth-order valence-corrected chi connectivity index (χ4v) is 4.30. The summed E-state index contributed by atoms with van der Waals surface area (Å²) in [4.78, 5) is 28.8. The van der Waals surface area contributed by atoms with Crippen LogP contribution in [0.2, 0.25) is 0 Å². The van der Waals surface area contributed by atoms with Crippen molar-refractivity contribution in [3.8, 4) is 0 Å². The summed E-state index contributed by atoms with van der Waals surface area (Å²) < 4.78 is 0. The van der Waals surface area contributed by atoms with Crippen LogP contribution >= 0.6 is 0 Å². The molecule has 0 bridgehead atoms. The van der Waals surface area contributed by atoms with Crippen molar-refractivity contribution < 1.29 is 9.59 Å². The highest BCUT2D eigenvalue weighted by Crippen LogP contribution is 2.22. The van der Waals surface area contributed by atoms with E-state index in [1.807, 2.05) is 18.2 Å². The lowest BCUT2D eigenvalue weighted by Crippen LogP contribution is -2.46. The molecule has 0 spiro atoms. The average molecular weight is 372 g/mol. The normalized spacial score (nSPS) is 21.6. The molecule has 2 amide bonds. The molecule has 5 heteroatoms. The van der Waals surface area contributed by atoms with Crippen LogP contribution in [0.15, 0.2) is 24.3 Å². The van der Waals surface area contributed by atoms with E-state index in [1.54, 1.807) is 19.0 Å². The molecule has 1 saturated carbocycles. The van der Waals surface area contributed by atoms with Crippen molar-refractivity contribution in [2.24, 2.45) is 5.92 Å². The maximum Gasteiger partial charge on any atom is 0.253 e. The molecule has 0 aromatic heterocycles. The first-order chi connectivity index (χ1) is 13.0. The Hall–Kier alpha value is -1.88. The lowest BCUT2D eigenvalue weighted by molar-refractivity contribution is -0.127. The second-order valence-corrected chi connectivity index (χ2v) is 8.32. The largest absolute Gasteiger partial charge is 0.353 e. The molecule has 0 radical (unpaired) electrons. The van der Waals surface area contributed by atoms with Crippen molar-refractivity contribution in [1.82, 2.24) is 15.1 Å². The molecule has 3 rings (SSSR count). The Bertz CT molecular complexity index is 653. The fraction of sp³-hybridized carbons (Fsp3) is 0.636. The molecular formula is C22H33N3O2. The van der Waals surface area contributed by atoms with Crippen molar-refractivity contribution in [3.05, 3.63) is 35.4 Å². The first-order valence-corrected chi connectivity index (χ1v) is 10.4. The monoisotopic (exact) mass is 371 g/mol. The van der Waals surface area contributed by atoms with Crippen molar-refractivity contribution in [1.29, 1.82) is 0 Å². The number of hydrogen-bond acceptors (Lipinski definition) is 3. The van der Waals surface area contributed by atoms with Gasteiger partial charge in [0.15, 0.2) is 0 Å². The topological polar surface area (TPSA) is 52.7 Å². The van der Waals surface area contributed by atoms with Crippen molar-refractivity contribution in [2.75, 3.05) is 27.2 Å². The number of carbonyl (C=O) groups is 2. The van der Waals surface area contributed by atoms with E-state index in [4.69, 9.17) is 0 Å². The van der Waals surface area contributed by atoms with Gasteiger partial charge in [-0.15, -0.1) is 0 Å². The number of nitrogens with zero attached hydrogens (tertiary/aromatic N) is 2. The molecule has 148 valence electrons. The first-order valence-electron chi connectivity index (χ1n) is 10.4. The summed E-state index contributed by atoms with van der Waals surface area (Å²) in [5.41, 5.74) is 1.86. The van der Waals surface area contributed by atoms with Crippen LogP contribution < -0.4 is 5.32 Å². The lowest BCUT2D eigenvalue weighted by atomic mass is 9.93. The van der Waals surface area contributed by atoms with Gasteiger partial charge in [0.25, 0.3) is 5.91 Å². The third-order valence-corrected chi connectivity index (χ3v) is 5.81. The Balaban J connectivity index is 1.55. The van der Waals surface area contributed by atoms with Crippen LogP contribution in [0.4, 0.5) is 0 Å². The molecule has 1 aliphatic heterocycles. The van der Waals surface area contributed by atoms with Crippen LogP contribution in [0.1, 0.15) is 60.9 Å². The van der Waals surface area contributed by atoms with Gasteiger partial charge in [-0.1, -0.05) is 31.4 Å². The maximum absolute atomic E-state index is 12.7. The second kappa shape index (κ2) is 9.36. The highest BCUT2D eigenvalue weighted by atomic mass is 16.2. The minimum Gasteiger partial charge on any atom is -0.353 e. The molecule has 1 atom stereocenters. The van der Waals surface area contributed by atoms with E-state index in [0.717, 1.165) is 56.4 Å². The van der Waals surface area contributed by atoms with E-state index in [0.29, 0.717) is 6.04 Å². The van der Waals surface area contributed by atoms with Gasteiger partial charge in [-0.2, -0.15) is 0 Å². The molecular weight excluding hydrogens is 338 g/mol. The van der Waals surface area contributed by atoms with E-state index in [9.17, 15) is 9.59 Å². The third-order valence-electron chi connectivity index (χ3n) is 5.81. The first kappa shape index (κ1) is 19.9. The van der Waals surface area contributed by atoms with Gasteiger partial charge in [-0.3, -0.25) is 14.5 Å². The van der Waals surface area contributed by atoms with Gasteiger partial charge in [0.1, 0.15) is 0 Å². The van der Waals surface area contributed by atoms with E-state index >= 15 is 0 Å². The number of benzene rings is 1. The van der Waals surface area contributed by atoms with E-state index in [2.05, 4.69) is 16.3 Å².